The summed E-state index contributed by atoms with van der Waals surface area (Å²) in [5.41, 5.74) is 1.86. The second kappa shape index (κ2) is 6.66. The molecule has 5 heteroatoms. The molecule has 1 N–H and O–H groups in total. The summed E-state index contributed by atoms with van der Waals surface area (Å²) >= 11 is 3.47. The molecule has 0 radical (unpaired) electrons. The molecule has 4 nitrogen and oxygen atoms in total. The summed E-state index contributed by atoms with van der Waals surface area (Å²) in [5.74, 6) is 0. The fourth-order valence-electron chi connectivity index (χ4n) is 1.82. The first-order chi connectivity index (χ1) is 8.72. The van der Waals surface area contributed by atoms with Crippen molar-refractivity contribution in [3.63, 3.8) is 0 Å². The lowest BCUT2D eigenvalue weighted by Crippen LogP contribution is -2.32. The van der Waals surface area contributed by atoms with Crippen molar-refractivity contribution in [1.29, 1.82) is 0 Å². The SMILES string of the molecule is Cc1nc(=O)n(CCNCCC(C)(C)C)c(C)c1Br. The Bertz CT molecular complexity index is 489. The van der Waals surface area contributed by atoms with Crippen molar-refractivity contribution in [3.8, 4) is 0 Å². The van der Waals surface area contributed by atoms with Crippen LogP contribution in [0.15, 0.2) is 9.27 Å². The van der Waals surface area contributed by atoms with E-state index in [0.29, 0.717) is 12.0 Å². The Morgan fingerprint density at radius 1 is 1.26 bits per heavy atom. The maximum Gasteiger partial charge on any atom is 0.348 e. The highest BCUT2D eigenvalue weighted by molar-refractivity contribution is 9.10. The van der Waals surface area contributed by atoms with Crippen molar-refractivity contribution in [2.24, 2.45) is 5.41 Å². The van der Waals surface area contributed by atoms with Gasteiger partial charge in [0, 0.05) is 18.8 Å². The van der Waals surface area contributed by atoms with E-state index in [-0.39, 0.29) is 5.69 Å². The van der Waals surface area contributed by atoms with Crippen LogP contribution in [0, 0.1) is 19.3 Å². The topological polar surface area (TPSA) is 46.9 Å². The predicted octanol–water partition coefficient (Wildman–Crippen LogP) is 2.65. The van der Waals surface area contributed by atoms with Gasteiger partial charge in [0.05, 0.1) is 10.2 Å². The number of nitrogens with zero attached hydrogens (tertiary/aromatic N) is 2. The summed E-state index contributed by atoms with van der Waals surface area (Å²) in [4.78, 5) is 15.8. The van der Waals surface area contributed by atoms with Crippen LogP contribution in [0.5, 0.6) is 0 Å². The number of hydrogen-bond acceptors (Lipinski definition) is 3. The third kappa shape index (κ3) is 5.07. The first kappa shape index (κ1) is 16.4. The molecule has 0 aromatic carbocycles. The van der Waals surface area contributed by atoms with E-state index in [1.165, 1.54) is 0 Å². The first-order valence-corrected chi connectivity index (χ1v) is 7.46. The average Bonchev–Trinajstić information content (AvgIpc) is 2.28. The fourth-order valence-corrected chi connectivity index (χ4v) is 2.12. The van der Waals surface area contributed by atoms with Gasteiger partial charge in [-0.1, -0.05) is 20.8 Å². The second-order valence-corrected chi connectivity index (χ2v) is 6.88. The van der Waals surface area contributed by atoms with Crippen molar-refractivity contribution in [2.75, 3.05) is 13.1 Å². The number of halogens is 1. The molecule has 0 spiro atoms. The highest BCUT2D eigenvalue weighted by Crippen LogP contribution is 2.17. The van der Waals surface area contributed by atoms with Crippen LogP contribution in [0.25, 0.3) is 0 Å². The molecule has 1 rings (SSSR count). The summed E-state index contributed by atoms with van der Waals surface area (Å²) in [6.45, 7) is 12.9. The second-order valence-electron chi connectivity index (χ2n) is 6.09. The molecule has 0 unspecified atom stereocenters. The van der Waals surface area contributed by atoms with Crippen LogP contribution in [-0.2, 0) is 6.54 Å². The van der Waals surface area contributed by atoms with Crippen molar-refractivity contribution in [3.05, 3.63) is 26.3 Å². The van der Waals surface area contributed by atoms with Gasteiger partial charge >= 0.3 is 5.69 Å². The fraction of sp³-hybridized carbons (Fsp3) is 0.714. The van der Waals surface area contributed by atoms with Crippen LogP contribution >= 0.6 is 15.9 Å². The molecule has 0 saturated carbocycles. The van der Waals surface area contributed by atoms with Gasteiger partial charge in [-0.05, 0) is 48.2 Å². The highest BCUT2D eigenvalue weighted by atomic mass is 79.9. The number of nitrogens with one attached hydrogen (secondary N) is 1. The molecule has 0 aliphatic heterocycles. The zero-order valence-electron chi connectivity index (χ0n) is 12.5. The van der Waals surface area contributed by atoms with E-state index in [1.807, 2.05) is 13.8 Å². The molecule has 0 amide bonds. The van der Waals surface area contributed by atoms with E-state index >= 15 is 0 Å². The lowest BCUT2D eigenvalue weighted by atomic mass is 9.92. The van der Waals surface area contributed by atoms with Crippen LogP contribution in [0.3, 0.4) is 0 Å². The van der Waals surface area contributed by atoms with E-state index < -0.39 is 0 Å². The molecule has 1 aromatic heterocycles. The smallest absolute Gasteiger partial charge is 0.315 e. The van der Waals surface area contributed by atoms with Crippen LogP contribution in [-0.4, -0.2) is 22.6 Å². The average molecular weight is 330 g/mol. The Kier molecular flexibility index (Phi) is 5.74. The molecule has 1 heterocycles. The molecule has 0 fully saturated rings. The van der Waals surface area contributed by atoms with Gasteiger partial charge < -0.3 is 5.32 Å². The third-order valence-electron chi connectivity index (χ3n) is 3.10. The zero-order valence-corrected chi connectivity index (χ0v) is 14.1. The number of aryl methyl sites for hydroxylation is 1. The van der Waals surface area contributed by atoms with Crippen molar-refractivity contribution < 1.29 is 0 Å². The Morgan fingerprint density at radius 2 is 1.89 bits per heavy atom. The van der Waals surface area contributed by atoms with E-state index in [9.17, 15) is 4.79 Å². The van der Waals surface area contributed by atoms with E-state index in [4.69, 9.17) is 0 Å². The minimum Gasteiger partial charge on any atom is -0.315 e. The monoisotopic (exact) mass is 329 g/mol. The van der Waals surface area contributed by atoms with Gasteiger partial charge in [0.25, 0.3) is 0 Å². The molecular weight excluding hydrogens is 306 g/mol. The van der Waals surface area contributed by atoms with Gasteiger partial charge in [-0.2, -0.15) is 4.98 Å². The Labute approximate surface area is 123 Å². The molecule has 1 aromatic rings. The third-order valence-corrected chi connectivity index (χ3v) is 4.25. The lowest BCUT2D eigenvalue weighted by Gasteiger charge is -2.18. The van der Waals surface area contributed by atoms with Crippen LogP contribution < -0.4 is 11.0 Å². The predicted molar refractivity (Wildman–Crippen MR) is 82.6 cm³/mol. The van der Waals surface area contributed by atoms with Crippen LogP contribution in [0.4, 0.5) is 0 Å². The molecular formula is C14H24BrN3O. The van der Waals surface area contributed by atoms with E-state index in [0.717, 1.165) is 35.4 Å². The maximum absolute atomic E-state index is 11.8. The van der Waals surface area contributed by atoms with Gasteiger partial charge in [-0.3, -0.25) is 4.57 Å². The van der Waals surface area contributed by atoms with Crippen molar-refractivity contribution in [1.82, 2.24) is 14.9 Å². The minimum absolute atomic E-state index is 0.171. The summed E-state index contributed by atoms with van der Waals surface area (Å²) in [6, 6.07) is 0. The zero-order chi connectivity index (χ0) is 14.6. The normalized spacial score (nSPS) is 11.9. The summed E-state index contributed by atoms with van der Waals surface area (Å²) in [7, 11) is 0. The summed E-state index contributed by atoms with van der Waals surface area (Å²) < 4.78 is 2.63. The molecule has 0 saturated heterocycles. The Morgan fingerprint density at radius 3 is 2.47 bits per heavy atom. The van der Waals surface area contributed by atoms with E-state index in [2.05, 4.69) is 47.0 Å². The largest absolute Gasteiger partial charge is 0.348 e. The molecule has 0 bridgehead atoms. The Balaban J connectivity index is 2.55. The molecule has 19 heavy (non-hydrogen) atoms. The van der Waals surface area contributed by atoms with E-state index in [1.54, 1.807) is 4.57 Å². The maximum atomic E-state index is 11.8. The van der Waals surface area contributed by atoms with Crippen molar-refractivity contribution in [2.45, 2.75) is 47.6 Å². The molecule has 0 aliphatic rings. The first-order valence-electron chi connectivity index (χ1n) is 6.66. The standard InChI is InChI=1S/C14H24BrN3O/c1-10-12(15)11(2)18(13(19)17-10)9-8-16-7-6-14(3,4)5/h16H,6-9H2,1-5H3. The van der Waals surface area contributed by atoms with Gasteiger partial charge in [-0.25, -0.2) is 4.79 Å². The number of aromatic nitrogens is 2. The van der Waals surface area contributed by atoms with Gasteiger partial charge in [0.15, 0.2) is 0 Å². The van der Waals surface area contributed by atoms with Gasteiger partial charge in [0.2, 0.25) is 0 Å². The molecule has 0 aliphatic carbocycles. The van der Waals surface area contributed by atoms with Crippen molar-refractivity contribution >= 4 is 15.9 Å². The minimum atomic E-state index is -0.171. The molecule has 108 valence electrons. The quantitative estimate of drug-likeness (QED) is 0.845. The lowest BCUT2D eigenvalue weighted by molar-refractivity contribution is 0.364. The van der Waals surface area contributed by atoms with Gasteiger partial charge in [-0.15, -0.1) is 0 Å². The highest BCUT2D eigenvalue weighted by Gasteiger charge is 2.10. The number of rotatable bonds is 5. The number of hydrogen-bond donors (Lipinski definition) is 1. The van der Waals surface area contributed by atoms with Gasteiger partial charge in [0.1, 0.15) is 0 Å². The Hall–Kier alpha value is -0.680. The summed E-state index contributed by atoms with van der Waals surface area (Å²) in [5, 5.41) is 3.38. The van der Waals surface area contributed by atoms with Crippen LogP contribution in [0.2, 0.25) is 0 Å². The molecule has 0 atom stereocenters. The van der Waals surface area contributed by atoms with Crippen LogP contribution in [0.1, 0.15) is 38.6 Å². The summed E-state index contributed by atoms with van der Waals surface area (Å²) in [6.07, 6.45) is 1.12.